The van der Waals surface area contributed by atoms with Gasteiger partial charge >= 0.3 is 0 Å². The van der Waals surface area contributed by atoms with Crippen LogP contribution in [0, 0.1) is 5.41 Å². The van der Waals surface area contributed by atoms with Crippen molar-refractivity contribution in [1.82, 2.24) is 10.2 Å². The fourth-order valence-corrected chi connectivity index (χ4v) is 3.40. The maximum Gasteiger partial charge on any atom is 0.0558 e. The first-order valence-corrected chi connectivity index (χ1v) is 8.88. The molecule has 126 valence electrons. The molecule has 0 saturated heterocycles. The summed E-state index contributed by atoms with van der Waals surface area (Å²) >= 11 is 0. The Morgan fingerprint density at radius 3 is 2.10 bits per heavy atom. The minimum Gasteiger partial charge on any atom is -0.395 e. The van der Waals surface area contributed by atoms with E-state index >= 15 is 0 Å². The molecule has 2 N–H and O–H groups in total. The van der Waals surface area contributed by atoms with Crippen LogP contribution in [-0.4, -0.2) is 47.8 Å². The van der Waals surface area contributed by atoms with Gasteiger partial charge in [0.15, 0.2) is 0 Å². The highest BCUT2D eigenvalue weighted by molar-refractivity contribution is 4.89. The molecular formula is C18H38N2O. The van der Waals surface area contributed by atoms with Crippen molar-refractivity contribution in [2.75, 3.05) is 26.2 Å². The zero-order valence-corrected chi connectivity index (χ0v) is 15.0. The summed E-state index contributed by atoms with van der Waals surface area (Å²) in [4.78, 5) is 2.47. The van der Waals surface area contributed by atoms with Gasteiger partial charge in [-0.05, 0) is 52.9 Å². The van der Waals surface area contributed by atoms with Crippen molar-refractivity contribution < 1.29 is 5.11 Å². The van der Waals surface area contributed by atoms with Crippen LogP contribution in [0.3, 0.4) is 0 Å². The van der Waals surface area contributed by atoms with E-state index in [-0.39, 0.29) is 12.1 Å². The lowest BCUT2D eigenvalue weighted by Gasteiger charge is -2.41. The number of hydrogen-bond donors (Lipinski definition) is 2. The van der Waals surface area contributed by atoms with Gasteiger partial charge in [0.25, 0.3) is 0 Å². The summed E-state index contributed by atoms with van der Waals surface area (Å²) in [6.45, 7) is 14.5. The van der Waals surface area contributed by atoms with E-state index in [4.69, 9.17) is 0 Å². The molecule has 21 heavy (non-hydrogen) atoms. The highest BCUT2D eigenvalue weighted by atomic mass is 16.3. The summed E-state index contributed by atoms with van der Waals surface area (Å²) in [5, 5.41) is 13.1. The number of nitrogens with zero attached hydrogens (tertiary/aromatic N) is 1. The van der Waals surface area contributed by atoms with E-state index in [0.29, 0.717) is 11.5 Å². The van der Waals surface area contributed by atoms with Crippen LogP contribution in [-0.2, 0) is 0 Å². The molecule has 1 aliphatic carbocycles. The predicted molar refractivity (Wildman–Crippen MR) is 91.7 cm³/mol. The standard InChI is InChI=1S/C18H38N2O/c1-16(2)20(12-13-21)15-18(14-19-17(3,4)5)10-8-6-7-9-11-18/h16,19,21H,6-15H2,1-5H3. The van der Waals surface area contributed by atoms with Crippen LogP contribution in [0.25, 0.3) is 0 Å². The van der Waals surface area contributed by atoms with Crippen LogP contribution in [0.15, 0.2) is 0 Å². The third-order valence-corrected chi connectivity index (χ3v) is 4.81. The molecule has 0 unspecified atom stereocenters. The molecule has 3 nitrogen and oxygen atoms in total. The normalized spacial score (nSPS) is 20.0. The van der Waals surface area contributed by atoms with Crippen molar-refractivity contribution in [3.8, 4) is 0 Å². The minimum absolute atomic E-state index is 0.180. The average molecular weight is 299 g/mol. The SMILES string of the molecule is CC(C)N(CCO)CC1(CNC(C)(C)C)CCCCCC1. The molecule has 1 aliphatic rings. The number of aliphatic hydroxyl groups excluding tert-OH is 1. The fourth-order valence-electron chi connectivity index (χ4n) is 3.40. The monoisotopic (exact) mass is 298 g/mol. The van der Waals surface area contributed by atoms with E-state index in [9.17, 15) is 5.11 Å². The van der Waals surface area contributed by atoms with Gasteiger partial charge in [-0.25, -0.2) is 0 Å². The Kier molecular flexibility index (Phi) is 7.66. The van der Waals surface area contributed by atoms with Crippen LogP contribution >= 0.6 is 0 Å². The molecule has 0 radical (unpaired) electrons. The Bertz CT molecular complexity index is 275. The van der Waals surface area contributed by atoms with Crippen molar-refractivity contribution in [2.24, 2.45) is 5.41 Å². The molecule has 1 fully saturated rings. The van der Waals surface area contributed by atoms with E-state index in [0.717, 1.165) is 19.6 Å². The van der Waals surface area contributed by atoms with Crippen molar-refractivity contribution >= 4 is 0 Å². The van der Waals surface area contributed by atoms with Crippen molar-refractivity contribution in [2.45, 2.75) is 84.7 Å². The molecule has 0 aromatic rings. The molecule has 0 bridgehead atoms. The smallest absolute Gasteiger partial charge is 0.0558 e. The molecule has 0 aromatic carbocycles. The van der Waals surface area contributed by atoms with Gasteiger partial charge < -0.3 is 10.4 Å². The van der Waals surface area contributed by atoms with Crippen LogP contribution in [0.4, 0.5) is 0 Å². The van der Waals surface area contributed by atoms with Gasteiger partial charge in [-0.2, -0.15) is 0 Å². The molecule has 0 heterocycles. The van der Waals surface area contributed by atoms with Crippen LogP contribution in [0.5, 0.6) is 0 Å². The van der Waals surface area contributed by atoms with Gasteiger partial charge in [-0.15, -0.1) is 0 Å². The summed E-state index contributed by atoms with van der Waals surface area (Å²) < 4.78 is 0. The first-order valence-electron chi connectivity index (χ1n) is 8.88. The quantitative estimate of drug-likeness (QED) is 0.707. The van der Waals surface area contributed by atoms with Gasteiger partial charge in [-0.3, -0.25) is 4.90 Å². The Hall–Kier alpha value is -0.120. The lowest BCUT2D eigenvalue weighted by atomic mass is 9.78. The number of aliphatic hydroxyl groups is 1. The summed E-state index contributed by atoms with van der Waals surface area (Å²) in [7, 11) is 0. The van der Waals surface area contributed by atoms with Gasteiger partial charge in [-0.1, -0.05) is 25.7 Å². The first-order chi connectivity index (χ1) is 9.78. The highest BCUT2D eigenvalue weighted by Gasteiger charge is 2.34. The highest BCUT2D eigenvalue weighted by Crippen LogP contribution is 2.36. The van der Waals surface area contributed by atoms with Crippen LogP contribution in [0.2, 0.25) is 0 Å². The number of nitrogens with one attached hydrogen (secondary N) is 1. The number of rotatable bonds is 7. The van der Waals surface area contributed by atoms with E-state index in [2.05, 4.69) is 44.8 Å². The first kappa shape index (κ1) is 18.9. The summed E-state index contributed by atoms with van der Waals surface area (Å²) in [5.74, 6) is 0. The molecule has 0 amide bonds. The maximum absolute atomic E-state index is 9.36. The molecule has 3 heteroatoms. The molecule has 1 rings (SSSR count). The molecule has 0 atom stereocenters. The minimum atomic E-state index is 0.180. The van der Waals surface area contributed by atoms with E-state index in [1.807, 2.05) is 0 Å². The van der Waals surface area contributed by atoms with E-state index in [1.165, 1.54) is 38.5 Å². The summed E-state index contributed by atoms with van der Waals surface area (Å²) in [6.07, 6.45) is 8.14. The van der Waals surface area contributed by atoms with E-state index < -0.39 is 0 Å². The van der Waals surface area contributed by atoms with Crippen molar-refractivity contribution in [3.63, 3.8) is 0 Å². The Labute approximate surface area is 132 Å². The van der Waals surface area contributed by atoms with Gasteiger partial charge in [0.1, 0.15) is 0 Å². The molecule has 0 aliphatic heterocycles. The number of hydrogen-bond acceptors (Lipinski definition) is 3. The lowest BCUT2D eigenvalue weighted by molar-refractivity contribution is 0.0813. The van der Waals surface area contributed by atoms with Crippen molar-refractivity contribution in [3.05, 3.63) is 0 Å². The topological polar surface area (TPSA) is 35.5 Å². The molecule has 1 saturated carbocycles. The van der Waals surface area contributed by atoms with Crippen LogP contribution in [0.1, 0.15) is 73.1 Å². The molecular weight excluding hydrogens is 260 g/mol. The lowest BCUT2D eigenvalue weighted by Crippen LogP contribution is -2.50. The molecule has 0 spiro atoms. The van der Waals surface area contributed by atoms with Crippen LogP contribution < -0.4 is 5.32 Å². The Balaban J connectivity index is 2.78. The van der Waals surface area contributed by atoms with Gasteiger partial charge in [0, 0.05) is 31.2 Å². The van der Waals surface area contributed by atoms with Crippen molar-refractivity contribution in [1.29, 1.82) is 0 Å². The van der Waals surface area contributed by atoms with Gasteiger partial charge in [0.2, 0.25) is 0 Å². The third-order valence-electron chi connectivity index (χ3n) is 4.81. The Morgan fingerprint density at radius 1 is 1.10 bits per heavy atom. The summed E-state index contributed by atoms with van der Waals surface area (Å²) in [5.41, 5.74) is 0.558. The second-order valence-electron chi connectivity index (χ2n) is 8.31. The second-order valence-corrected chi connectivity index (χ2v) is 8.31. The average Bonchev–Trinajstić information content (AvgIpc) is 2.61. The second kappa shape index (κ2) is 8.50. The third kappa shape index (κ3) is 7.12. The largest absolute Gasteiger partial charge is 0.395 e. The van der Waals surface area contributed by atoms with Gasteiger partial charge in [0.05, 0.1) is 6.61 Å². The Morgan fingerprint density at radius 2 is 1.67 bits per heavy atom. The fraction of sp³-hybridized carbons (Fsp3) is 1.00. The molecule has 0 aromatic heterocycles. The summed E-state index contributed by atoms with van der Waals surface area (Å²) in [6, 6.07) is 0.506. The zero-order chi connectivity index (χ0) is 15.9. The maximum atomic E-state index is 9.36. The van der Waals surface area contributed by atoms with E-state index in [1.54, 1.807) is 0 Å². The zero-order valence-electron chi connectivity index (χ0n) is 15.0. The predicted octanol–water partition coefficient (Wildman–Crippen LogP) is 3.42.